The van der Waals surface area contributed by atoms with E-state index >= 15 is 0 Å². The Kier molecular flexibility index (Phi) is 7.60. The van der Waals surface area contributed by atoms with Gasteiger partial charge < -0.3 is 24.5 Å². The van der Waals surface area contributed by atoms with Crippen molar-refractivity contribution in [3.63, 3.8) is 0 Å². The van der Waals surface area contributed by atoms with Crippen molar-refractivity contribution in [2.45, 2.75) is 33.3 Å². The molecule has 39 heavy (non-hydrogen) atoms. The third-order valence-corrected chi connectivity index (χ3v) is 7.16. The largest absolute Gasteiger partial charge is 0.494 e. The summed E-state index contributed by atoms with van der Waals surface area (Å²) in [6.07, 6.45) is 0.164. The second-order valence-electron chi connectivity index (χ2n) is 10.0. The number of benzene rings is 3. The molecule has 0 bridgehead atoms. The Morgan fingerprint density at radius 1 is 0.974 bits per heavy atom. The molecule has 1 atom stereocenters. The van der Waals surface area contributed by atoms with Crippen LogP contribution in [0.1, 0.15) is 43.1 Å². The van der Waals surface area contributed by atoms with E-state index in [1.54, 1.807) is 0 Å². The van der Waals surface area contributed by atoms with E-state index in [0.717, 1.165) is 51.7 Å². The summed E-state index contributed by atoms with van der Waals surface area (Å²) in [7, 11) is 2.09. The molecule has 5 aromatic rings. The minimum absolute atomic E-state index is 0.0693. The Morgan fingerprint density at radius 2 is 1.72 bits per heavy atom. The van der Waals surface area contributed by atoms with Gasteiger partial charge in [0.25, 0.3) is 0 Å². The van der Waals surface area contributed by atoms with Crippen LogP contribution in [0.15, 0.2) is 71.5 Å². The van der Waals surface area contributed by atoms with Gasteiger partial charge in [0.1, 0.15) is 23.1 Å². The van der Waals surface area contributed by atoms with Crippen molar-refractivity contribution in [1.82, 2.24) is 15.0 Å². The number of aromatic hydroxyl groups is 1. The van der Waals surface area contributed by atoms with E-state index in [-0.39, 0.29) is 16.9 Å². The Bertz CT molecular complexity index is 1620. The van der Waals surface area contributed by atoms with Crippen molar-refractivity contribution < 1.29 is 14.6 Å². The molecule has 5 rings (SSSR count). The highest BCUT2D eigenvalue weighted by molar-refractivity contribution is 7.09. The number of H-pyrrole nitrogens is 2. The van der Waals surface area contributed by atoms with E-state index < -0.39 is 0 Å². The zero-order valence-electron chi connectivity index (χ0n) is 22.4. The van der Waals surface area contributed by atoms with Gasteiger partial charge in [0.2, 0.25) is 5.88 Å². The van der Waals surface area contributed by atoms with Gasteiger partial charge in [0.15, 0.2) is 6.10 Å². The molecular formula is C30H32N4O4S. The highest BCUT2D eigenvalue weighted by atomic mass is 32.1. The Labute approximate surface area is 230 Å². The van der Waals surface area contributed by atoms with Gasteiger partial charge in [0.05, 0.1) is 15.9 Å². The van der Waals surface area contributed by atoms with E-state index in [1.165, 1.54) is 0 Å². The third-order valence-electron chi connectivity index (χ3n) is 6.29. The number of nitrogens with one attached hydrogen (secondary N) is 2. The van der Waals surface area contributed by atoms with E-state index in [0.29, 0.717) is 28.8 Å². The summed E-state index contributed by atoms with van der Waals surface area (Å²) >= 11 is 1.01. The predicted octanol–water partition coefficient (Wildman–Crippen LogP) is 6.63. The lowest BCUT2D eigenvalue weighted by atomic mass is 10.1. The number of fused-ring (bicyclic) bond motifs is 1. The first-order valence-electron chi connectivity index (χ1n) is 12.9. The smallest absolute Gasteiger partial charge is 0.307 e. The van der Waals surface area contributed by atoms with Gasteiger partial charge in [0, 0.05) is 37.8 Å². The number of hydrogen-bond acceptors (Lipinski definition) is 7. The zero-order valence-corrected chi connectivity index (χ0v) is 23.2. The van der Waals surface area contributed by atoms with Crippen molar-refractivity contribution >= 4 is 28.1 Å². The number of aromatic amines is 2. The van der Waals surface area contributed by atoms with Gasteiger partial charge in [-0.25, -0.2) is 4.98 Å². The summed E-state index contributed by atoms with van der Waals surface area (Å²) in [5.74, 6) is 3.42. The summed E-state index contributed by atoms with van der Waals surface area (Å²) in [5, 5.41) is 9.81. The Morgan fingerprint density at radius 3 is 2.44 bits per heavy atom. The second-order valence-corrected chi connectivity index (χ2v) is 11.1. The quantitative estimate of drug-likeness (QED) is 0.182. The van der Waals surface area contributed by atoms with Crippen LogP contribution < -0.4 is 19.2 Å². The molecule has 8 nitrogen and oxygen atoms in total. The highest BCUT2D eigenvalue weighted by Crippen LogP contribution is 2.30. The minimum Gasteiger partial charge on any atom is -0.494 e. The van der Waals surface area contributed by atoms with Crippen molar-refractivity contribution in [3.05, 3.63) is 92.7 Å². The fourth-order valence-corrected chi connectivity index (χ4v) is 5.20. The molecule has 0 spiro atoms. The van der Waals surface area contributed by atoms with Gasteiger partial charge in [-0.05, 0) is 54.8 Å². The van der Waals surface area contributed by atoms with Gasteiger partial charge in [-0.1, -0.05) is 43.4 Å². The molecule has 0 aliphatic carbocycles. The lowest BCUT2D eigenvalue weighted by Crippen LogP contribution is -2.22. The van der Waals surface area contributed by atoms with Crippen LogP contribution >= 0.6 is 11.3 Å². The summed E-state index contributed by atoms with van der Waals surface area (Å²) in [6.45, 7) is 7.33. The normalized spacial score (nSPS) is 12.1. The molecule has 0 saturated heterocycles. The van der Waals surface area contributed by atoms with Crippen LogP contribution in [0.4, 0.5) is 5.69 Å². The fraction of sp³-hybridized carbons (Fsp3) is 0.267. The standard InChI is InChI=1S/C30H32N4O4S/c1-18(2)17-34(4)21-6-5-7-23(15-21)38-24-12-13-25-26(16-24)32-28(31-25)19(3)37-22-10-8-20(9-11-22)14-27-29(35)33-30(36)39-27/h5-13,15-16,18-19,35H,14,17H2,1-4H3,(H,31,32)(H,33,36). The van der Waals surface area contributed by atoms with Gasteiger partial charge >= 0.3 is 4.87 Å². The van der Waals surface area contributed by atoms with Gasteiger partial charge in [-0.3, -0.25) is 9.78 Å². The average Bonchev–Trinajstić information content (AvgIpc) is 3.46. The van der Waals surface area contributed by atoms with E-state index in [1.807, 2.05) is 61.5 Å². The van der Waals surface area contributed by atoms with Crippen molar-refractivity contribution in [3.8, 4) is 23.1 Å². The maximum absolute atomic E-state index is 11.4. The van der Waals surface area contributed by atoms with Crippen LogP contribution in [0.5, 0.6) is 23.1 Å². The lowest BCUT2D eigenvalue weighted by molar-refractivity contribution is 0.218. The second kappa shape index (κ2) is 11.2. The molecule has 0 aliphatic rings. The van der Waals surface area contributed by atoms with E-state index in [4.69, 9.17) is 14.5 Å². The molecule has 0 saturated carbocycles. The van der Waals surface area contributed by atoms with Crippen molar-refractivity contribution in [1.29, 1.82) is 0 Å². The first-order chi connectivity index (χ1) is 18.7. The maximum atomic E-state index is 11.4. The molecule has 2 heterocycles. The molecule has 0 amide bonds. The predicted molar refractivity (Wildman–Crippen MR) is 156 cm³/mol. The maximum Gasteiger partial charge on any atom is 0.307 e. The summed E-state index contributed by atoms with van der Waals surface area (Å²) in [6, 6.07) is 21.5. The van der Waals surface area contributed by atoms with E-state index in [2.05, 4.69) is 47.9 Å². The molecule has 0 radical (unpaired) electrons. The number of thiazole rings is 1. The molecule has 9 heteroatoms. The van der Waals surface area contributed by atoms with Crippen LogP contribution in [-0.4, -0.2) is 33.7 Å². The molecule has 0 fully saturated rings. The number of hydrogen-bond donors (Lipinski definition) is 3. The number of nitrogens with zero attached hydrogens (tertiary/aromatic N) is 2. The minimum atomic E-state index is -0.306. The summed E-state index contributed by atoms with van der Waals surface area (Å²) < 4.78 is 12.3. The summed E-state index contributed by atoms with van der Waals surface area (Å²) in [5.41, 5.74) is 3.78. The van der Waals surface area contributed by atoms with E-state index in [9.17, 15) is 9.90 Å². The SMILES string of the molecule is CC(C)CN(C)c1cccc(Oc2ccc3nc(C(C)Oc4ccc(Cc5sc(=O)[nH]c5O)cc4)[nH]c3c2)c1. The monoisotopic (exact) mass is 544 g/mol. The number of ether oxygens (including phenoxy) is 2. The molecule has 2 aromatic heterocycles. The Hall–Kier alpha value is -4.24. The first-order valence-corrected chi connectivity index (χ1v) is 13.7. The topological polar surface area (TPSA) is 103 Å². The number of rotatable bonds is 10. The van der Waals surface area contributed by atoms with Crippen LogP contribution in [0.25, 0.3) is 11.0 Å². The van der Waals surface area contributed by atoms with Crippen LogP contribution in [0.2, 0.25) is 0 Å². The molecule has 1 unspecified atom stereocenters. The average molecular weight is 545 g/mol. The van der Waals surface area contributed by atoms with Crippen LogP contribution in [-0.2, 0) is 6.42 Å². The van der Waals surface area contributed by atoms with Crippen LogP contribution in [0.3, 0.4) is 0 Å². The van der Waals surface area contributed by atoms with Crippen LogP contribution in [0, 0.1) is 5.92 Å². The molecule has 202 valence electrons. The summed E-state index contributed by atoms with van der Waals surface area (Å²) in [4.78, 5) is 24.4. The molecule has 3 N–H and O–H groups in total. The Balaban J connectivity index is 1.24. The van der Waals surface area contributed by atoms with Gasteiger partial charge in [-0.15, -0.1) is 0 Å². The number of aromatic nitrogens is 3. The highest BCUT2D eigenvalue weighted by Gasteiger charge is 2.14. The molecule has 3 aromatic carbocycles. The molecule has 0 aliphatic heterocycles. The fourth-order valence-electron chi connectivity index (χ4n) is 4.44. The number of imidazole rings is 1. The van der Waals surface area contributed by atoms with Crippen molar-refractivity contribution in [2.24, 2.45) is 5.92 Å². The molecular weight excluding hydrogens is 512 g/mol. The zero-order chi connectivity index (χ0) is 27.5. The number of anilines is 1. The third kappa shape index (κ3) is 6.43. The van der Waals surface area contributed by atoms with Crippen molar-refractivity contribution in [2.75, 3.05) is 18.5 Å². The van der Waals surface area contributed by atoms with Gasteiger partial charge in [-0.2, -0.15) is 0 Å². The lowest BCUT2D eigenvalue weighted by Gasteiger charge is -2.22. The first kappa shape index (κ1) is 26.4.